The molecule has 0 aliphatic rings. The second-order valence-corrected chi connectivity index (χ2v) is 5.14. The van der Waals surface area contributed by atoms with Crippen LogP contribution >= 0.6 is 12.2 Å². The van der Waals surface area contributed by atoms with Crippen molar-refractivity contribution in [3.8, 4) is 0 Å². The lowest BCUT2D eigenvalue weighted by Crippen LogP contribution is -2.29. The van der Waals surface area contributed by atoms with Crippen LogP contribution < -0.4 is 5.73 Å². The maximum Gasteiger partial charge on any atom is 0.137 e. The highest BCUT2D eigenvalue weighted by atomic mass is 32.1. The van der Waals surface area contributed by atoms with E-state index in [9.17, 15) is 4.39 Å². The van der Waals surface area contributed by atoms with Crippen molar-refractivity contribution in [1.29, 1.82) is 0 Å². The molecule has 1 aromatic carbocycles. The number of nitrogens with zero attached hydrogens (tertiary/aromatic N) is 1. The lowest BCUT2D eigenvalue weighted by molar-refractivity contribution is 0.234. The van der Waals surface area contributed by atoms with Gasteiger partial charge in [0, 0.05) is 23.7 Å². The Kier molecular flexibility index (Phi) is 5.69. The van der Waals surface area contributed by atoms with Gasteiger partial charge in [-0.1, -0.05) is 37.7 Å². The Labute approximate surface area is 114 Å². The summed E-state index contributed by atoms with van der Waals surface area (Å²) in [4.78, 5) is 2.25. The predicted molar refractivity (Wildman–Crippen MR) is 78.1 cm³/mol. The molecule has 100 valence electrons. The summed E-state index contributed by atoms with van der Waals surface area (Å²) in [5.41, 5.74) is 6.48. The average Bonchev–Trinajstić information content (AvgIpc) is 2.31. The van der Waals surface area contributed by atoms with Crippen LogP contribution in [0.4, 0.5) is 4.39 Å². The van der Waals surface area contributed by atoms with Gasteiger partial charge in [0.05, 0.1) is 0 Å². The average molecular weight is 268 g/mol. The van der Waals surface area contributed by atoms with Gasteiger partial charge in [-0.15, -0.1) is 0 Å². The molecule has 0 spiro atoms. The molecule has 0 aliphatic carbocycles. The van der Waals surface area contributed by atoms with Gasteiger partial charge in [-0.3, -0.25) is 4.90 Å². The Morgan fingerprint density at radius 1 is 1.50 bits per heavy atom. The minimum Gasteiger partial charge on any atom is -0.389 e. The van der Waals surface area contributed by atoms with E-state index in [1.54, 1.807) is 18.2 Å². The van der Waals surface area contributed by atoms with E-state index >= 15 is 0 Å². The summed E-state index contributed by atoms with van der Waals surface area (Å²) < 4.78 is 14.1. The van der Waals surface area contributed by atoms with E-state index in [1.165, 1.54) is 0 Å². The van der Waals surface area contributed by atoms with Crippen LogP contribution in [0.3, 0.4) is 0 Å². The van der Waals surface area contributed by atoms with Crippen molar-refractivity contribution in [1.82, 2.24) is 4.90 Å². The number of hydrogen-bond donors (Lipinski definition) is 1. The van der Waals surface area contributed by atoms with Crippen molar-refractivity contribution in [3.63, 3.8) is 0 Å². The lowest BCUT2D eigenvalue weighted by Gasteiger charge is -2.24. The molecule has 0 bridgehead atoms. The fraction of sp³-hybridized carbons (Fsp3) is 0.500. The molecule has 1 aromatic rings. The van der Waals surface area contributed by atoms with Crippen LogP contribution in [0.5, 0.6) is 0 Å². The molecule has 4 heteroatoms. The monoisotopic (exact) mass is 268 g/mol. The highest BCUT2D eigenvalue weighted by Crippen LogP contribution is 2.16. The van der Waals surface area contributed by atoms with Crippen molar-refractivity contribution in [2.45, 2.75) is 39.3 Å². The summed E-state index contributed by atoms with van der Waals surface area (Å²) in [7, 11) is 2.01. The molecule has 2 nitrogen and oxygen atoms in total. The van der Waals surface area contributed by atoms with Crippen molar-refractivity contribution >= 4 is 17.2 Å². The van der Waals surface area contributed by atoms with Crippen LogP contribution in [0.25, 0.3) is 0 Å². The van der Waals surface area contributed by atoms with Gasteiger partial charge in [0.25, 0.3) is 0 Å². The molecule has 0 fully saturated rings. The second-order valence-electron chi connectivity index (χ2n) is 4.70. The maximum absolute atomic E-state index is 14.1. The van der Waals surface area contributed by atoms with Gasteiger partial charge in [0.2, 0.25) is 0 Å². The number of rotatable bonds is 6. The molecule has 18 heavy (non-hydrogen) atoms. The number of benzene rings is 1. The molecule has 0 radical (unpaired) electrons. The van der Waals surface area contributed by atoms with Gasteiger partial charge in [-0.2, -0.15) is 0 Å². The van der Waals surface area contributed by atoms with Crippen molar-refractivity contribution in [3.05, 3.63) is 35.1 Å². The van der Waals surface area contributed by atoms with Crippen LogP contribution in [-0.4, -0.2) is 23.0 Å². The standard InChI is InChI=1S/C14H21FN2S/c1-4-6-10(2)17(3)9-11-7-5-8-12(13(11)15)14(16)18/h5,7-8,10H,4,6,9H2,1-3H3,(H2,16,18). The summed E-state index contributed by atoms with van der Waals surface area (Å²) in [6.45, 7) is 4.88. The molecule has 0 amide bonds. The minimum atomic E-state index is -0.291. The Bertz CT molecular complexity index is 420. The summed E-state index contributed by atoms with van der Waals surface area (Å²) >= 11 is 4.84. The third kappa shape index (κ3) is 3.75. The van der Waals surface area contributed by atoms with Crippen LogP contribution in [0.15, 0.2) is 18.2 Å². The zero-order chi connectivity index (χ0) is 13.7. The molecular formula is C14H21FN2S. The van der Waals surface area contributed by atoms with Crippen LogP contribution in [0.1, 0.15) is 37.8 Å². The highest BCUT2D eigenvalue weighted by molar-refractivity contribution is 7.80. The zero-order valence-electron chi connectivity index (χ0n) is 11.2. The first kappa shape index (κ1) is 15.1. The Morgan fingerprint density at radius 3 is 2.72 bits per heavy atom. The van der Waals surface area contributed by atoms with Gasteiger partial charge >= 0.3 is 0 Å². The second kappa shape index (κ2) is 6.81. The largest absolute Gasteiger partial charge is 0.389 e. The molecule has 1 rings (SSSR count). The van der Waals surface area contributed by atoms with Crippen molar-refractivity contribution < 1.29 is 4.39 Å². The summed E-state index contributed by atoms with van der Waals surface area (Å²) in [6, 6.07) is 5.64. The molecule has 0 saturated carbocycles. The summed E-state index contributed by atoms with van der Waals surface area (Å²) in [5, 5.41) is 0. The van der Waals surface area contributed by atoms with Crippen LogP contribution in [0.2, 0.25) is 0 Å². The predicted octanol–water partition coefficient (Wildman–Crippen LogP) is 3.08. The SMILES string of the molecule is CCCC(C)N(C)Cc1cccc(C(N)=S)c1F. The van der Waals surface area contributed by atoms with E-state index in [2.05, 4.69) is 18.7 Å². The van der Waals surface area contributed by atoms with Gasteiger partial charge in [-0.25, -0.2) is 4.39 Å². The Hall–Kier alpha value is -1.00. The zero-order valence-corrected chi connectivity index (χ0v) is 12.1. The first-order valence-electron chi connectivity index (χ1n) is 6.24. The normalized spacial score (nSPS) is 12.7. The first-order valence-corrected chi connectivity index (χ1v) is 6.65. The van der Waals surface area contributed by atoms with Crippen LogP contribution in [0, 0.1) is 5.82 Å². The highest BCUT2D eigenvalue weighted by Gasteiger charge is 2.14. The molecule has 1 unspecified atom stereocenters. The van der Waals surface area contributed by atoms with Gasteiger partial charge in [0.1, 0.15) is 10.8 Å². The molecular weight excluding hydrogens is 247 g/mol. The number of nitrogens with two attached hydrogens (primary N) is 1. The summed E-state index contributed by atoms with van der Waals surface area (Å²) in [5.74, 6) is -0.291. The minimum absolute atomic E-state index is 0.110. The van der Waals surface area contributed by atoms with E-state index in [4.69, 9.17) is 18.0 Å². The fourth-order valence-corrected chi connectivity index (χ4v) is 2.11. The Balaban J connectivity index is 2.85. The van der Waals surface area contributed by atoms with E-state index in [-0.39, 0.29) is 10.8 Å². The smallest absolute Gasteiger partial charge is 0.137 e. The van der Waals surface area contributed by atoms with Gasteiger partial charge in [0.15, 0.2) is 0 Å². The van der Waals surface area contributed by atoms with Crippen molar-refractivity contribution in [2.24, 2.45) is 5.73 Å². The lowest BCUT2D eigenvalue weighted by atomic mass is 10.1. The molecule has 0 heterocycles. The molecule has 0 saturated heterocycles. The van der Waals surface area contributed by atoms with E-state index in [0.29, 0.717) is 23.7 Å². The molecule has 1 atom stereocenters. The number of thiocarbonyl (C=S) groups is 1. The van der Waals surface area contributed by atoms with Gasteiger partial charge < -0.3 is 5.73 Å². The van der Waals surface area contributed by atoms with Gasteiger partial charge in [-0.05, 0) is 26.5 Å². The number of hydrogen-bond acceptors (Lipinski definition) is 2. The maximum atomic E-state index is 14.1. The molecule has 2 N–H and O–H groups in total. The van der Waals surface area contributed by atoms with Crippen LogP contribution in [-0.2, 0) is 6.54 Å². The number of halogens is 1. The summed E-state index contributed by atoms with van der Waals surface area (Å²) in [6.07, 6.45) is 2.23. The fourth-order valence-electron chi connectivity index (χ4n) is 1.95. The molecule has 0 aromatic heterocycles. The van der Waals surface area contributed by atoms with Crippen molar-refractivity contribution in [2.75, 3.05) is 7.05 Å². The first-order chi connectivity index (χ1) is 8.47. The molecule has 0 aliphatic heterocycles. The quantitative estimate of drug-likeness (QED) is 0.804. The Morgan fingerprint density at radius 2 is 2.17 bits per heavy atom. The van der Waals surface area contributed by atoms with E-state index in [0.717, 1.165) is 12.8 Å². The third-order valence-electron chi connectivity index (χ3n) is 3.22. The van der Waals surface area contributed by atoms with E-state index in [1.807, 2.05) is 7.05 Å². The third-order valence-corrected chi connectivity index (χ3v) is 3.44. The van der Waals surface area contributed by atoms with E-state index < -0.39 is 0 Å². The topological polar surface area (TPSA) is 29.3 Å².